The Kier molecular flexibility index (Phi) is 3.24. The summed E-state index contributed by atoms with van der Waals surface area (Å²) in [4.78, 5) is 6.62. The number of nitrogens with zero attached hydrogens (tertiary/aromatic N) is 3. The monoisotopic (exact) mass is 221 g/mol. The molecule has 16 heavy (non-hydrogen) atoms. The molecular formula is C11H15N3O2. The minimum atomic E-state index is 0.488. The van der Waals surface area contributed by atoms with Gasteiger partial charge in [0.1, 0.15) is 5.82 Å². The number of methoxy groups -OCH3 is 1. The Hall–Kier alpha value is -1.78. The predicted molar refractivity (Wildman–Crippen MR) is 61.6 cm³/mol. The van der Waals surface area contributed by atoms with E-state index in [-0.39, 0.29) is 0 Å². The number of hydrogen-bond acceptors (Lipinski definition) is 5. The van der Waals surface area contributed by atoms with Crippen molar-refractivity contribution in [1.29, 1.82) is 0 Å². The van der Waals surface area contributed by atoms with Gasteiger partial charge in [-0.1, -0.05) is 5.16 Å². The summed E-state index contributed by atoms with van der Waals surface area (Å²) in [5.41, 5.74) is 0.674. The highest BCUT2D eigenvalue weighted by atomic mass is 16.5. The maximum atomic E-state index is 8.50. The summed E-state index contributed by atoms with van der Waals surface area (Å²) < 4.78 is 5.16. The summed E-state index contributed by atoms with van der Waals surface area (Å²) in [7, 11) is 1.56. The molecule has 5 heteroatoms. The van der Waals surface area contributed by atoms with Crippen LogP contribution in [0.5, 0.6) is 5.88 Å². The second kappa shape index (κ2) is 4.83. The molecule has 1 aliphatic heterocycles. The molecule has 0 spiro atoms. The molecule has 1 aromatic rings. The largest absolute Gasteiger partial charge is 0.480 e. The molecule has 0 radical (unpaired) electrons. The number of aromatic nitrogens is 1. The third kappa shape index (κ3) is 2.08. The minimum absolute atomic E-state index is 0.488. The number of anilines is 1. The first-order valence-corrected chi connectivity index (χ1v) is 5.32. The van der Waals surface area contributed by atoms with Gasteiger partial charge in [-0.2, -0.15) is 4.98 Å². The Morgan fingerprint density at radius 3 is 2.81 bits per heavy atom. The van der Waals surface area contributed by atoms with Crippen molar-refractivity contribution < 1.29 is 9.94 Å². The van der Waals surface area contributed by atoms with Gasteiger partial charge in [0.15, 0.2) is 0 Å². The molecule has 0 aromatic carbocycles. The summed E-state index contributed by atoms with van der Waals surface area (Å²) in [6.07, 6.45) is 3.74. The number of pyridine rings is 1. The van der Waals surface area contributed by atoms with Crippen LogP contribution in [0, 0.1) is 0 Å². The minimum Gasteiger partial charge on any atom is -0.480 e. The molecule has 2 heterocycles. The van der Waals surface area contributed by atoms with E-state index in [1.807, 2.05) is 12.1 Å². The fourth-order valence-electron chi connectivity index (χ4n) is 1.89. The molecule has 1 aliphatic rings. The van der Waals surface area contributed by atoms with Crippen LogP contribution in [0.2, 0.25) is 0 Å². The Balaban J connectivity index is 2.28. The second-order valence-electron chi connectivity index (χ2n) is 3.71. The zero-order valence-electron chi connectivity index (χ0n) is 9.26. The van der Waals surface area contributed by atoms with Crippen molar-refractivity contribution in [1.82, 2.24) is 4.98 Å². The van der Waals surface area contributed by atoms with E-state index in [1.165, 1.54) is 19.1 Å². The van der Waals surface area contributed by atoms with Crippen molar-refractivity contribution in [3.8, 4) is 5.88 Å². The van der Waals surface area contributed by atoms with Crippen molar-refractivity contribution in [3.05, 3.63) is 17.7 Å². The SMILES string of the molecule is COc1nc(N2CCCC2)ccc1C=NO. The van der Waals surface area contributed by atoms with Crippen molar-refractivity contribution in [3.63, 3.8) is 0 Å². The summed E-state index contributed by atoms with van der Waals surface area (Å²) in [5, 5.41) is 11.5. The van der Waals surface area contributed by atoms with Crippen LogP contribution >= 0.6 is 0 Å². The molecule has 0 amide bonds. The fourth-order valence-corrected chi connectivity index (χ4v) is 1.89. The normalized spacial score (nSPS) is 15.9. The van der Waals surface area contributed by atoms with E-state index in [2.05, 4.69) is 15.0 Å². The van der Waals surface area contributed by atoms with E-state index in [1.54, 1.807) is 7.11 Å². The zero-order chi connectivity index (χ0) is 11.4. The van der Waals surface area contributed by atoms with E-state index < -0.39 is 0 Å². The van der Waals surface area contributed by atoms with Gasteiger partial charge in [0.05, 0.1) is 18.9 Å². The molecule has 0 saturated carbocycles. The van der Waals surface area contributed by atoms with Gasteiger partial charge < -0.3 is 14.8 Å². The molecule has 1 fully saturated rings. The van der Waals surface area contributed by atoms with Crippen LogP contribution in [-0.2, 0) is 0 Å². The van der Waals surface area contributed by atoms with E-state index in [4.69, 9.17) is 9.94 Å². The van der Waals surface area contributed by atoms with Crippen molar-refractivity contribution in [2.75, 3.05) is 25.1 Å². The van der Waals surface area contributed by atoms with E-state index in [9.17, 15) is 0 Å². The maximum absolute atomic E-state index is 8.50. The molecule has 1 saturated heterocycles. The molecule has 1 aromatic heterocycles. The molecule has 1 N–H and O–H groups in total. The van der Waals surface area contributed by atoms with Gasteiger partial charge in [0.2, 0.25) is 5.88 Å². The van der Waals surface area contributed by atoms with Crippen molar-refractivity contribution in [2.24, 2.45) is 5.16 Å². The summed E-state index contributed by atoms with van der Waals surface area (Å²) in [5.74, 6) is 1.41. The van der Waals surface area contributed by atoms with Crippen LogP contribution in [0.1, 0.15) is 18.4 Å². The highest BCUT2D eigenvalue weighted by Crippen LogP contribution is 2.22. The van der Waals surface area contributed by atoms with Crippen molar-refractivity contribution in [2.45, 2.75) is 12.8 Å². The van der Waals surface area contributed by atoms with Crippen LogP contribution in [0.4, 0.5) is 5.82 Å². The van der Waals surface area contributed by atoms with Gasteiger partial charge >= 0.3 is 0 Å². The average Bonchev–Trinajstić information content (AvgIpc) is 2.83. The lowest BCUT2D eigenvalue weighted by molar-refractivity contribution is 0.321. The third-order valence-corrected chi connectivity index (χ3v) is 2.70. The number of ether oxygens (including phenoxy) is 1. The molecule has 0 bridgehead atoms. The first-order chi connectivity index (χ1) is 7.85. The summed E-state index contributed by atoms with van der Waals surface area (Å²) in [6, 6.07) is 3.77. The second-order valence-corrected chi connectivity index (χ2v) is 3.71. The lowest BCUT2D eigenvalue weighted by Crippen LogP contribution is -2.19. The van der Waals surface area contributed by atoms with Crippen LogP contribution < -0.4 is 9.64 Å². The van der Waals surface area contributed by atoms with Crippen LogP contribution in [-0.4, -0.2) is 36.6 Å². The summed E-state index contributed by atoms with van der Waals surface area (Å²) in [6.45, 7) is 2.09. The molecule has 86 valence electrons. The van der Waals surface area contributed by atoms with Crippen LogP contribution in [0.15, 0.2) is 17.3 Å². The van der Waals surface area contributed by atoms with Gasteiger partial charge in [0, 0.05) is 13.1 Å². The molecule has 0 atom stereocenters. The number of rotatable bonds is 3. The Morgan fingerprint density at radius 2 is 2.19 bits per heavy atom. The highest BCUT2D eigenvalue weighted by molar-refractivity contribution is 5.82. The molecule has 5 nitrogen and oxygen atoms in total. The fraction of sp³-hybridized carbons (Fsp3) is 0.455. The smallest absolute Gasteiger partial charge is 0.224 e. The Bertz CT molecular complexity index is 387. The molecule has 0 aliphatic carbocycles. The van der Waals surface area contributed by atoms with Gasteiger partial charge in [-0.25, -0.2) is 0 Å². The Morgan fingerprint density at radius 1 is 1.44 bits per heavy atom. The lowest BCUT2D eigenvalue weighted by atomic mass is 10.3. The quantitative estimate of drug-likeness (QED) is 0.477. The standard InChI is InChI=1S/C11H15N3O2/c1-16-11-9(8-12-15)4-5-10(13-11)14-6-2-3-7-14/h4-5,8,15H,2-3,6-7H2,1H3. The van der Waals surface area contributed by atoms with Gasteiger partial charge in [-0.15, -0.1) is 0 Å². The van der Waals surface area contributed by atoms with Crippen LogP contribution in [0.3, 0.4) is 0 Å². The first-order valence-electron chi connectivity index (χ1n) is 5.32. The van der Waals surface area contributed by atoms with Gasteiger partial charge in [0.25, 0.3) is 0 Å². The molecule has 2 rings (SSSR count). The van der Waals surface area contributed by atoms with E-state index >= 15 is 0 Å². The van der Waals surface area contributed by atoms with E-state index in [0.29, 0.717) is 11.4 Å². The predicted octanol–water partition coefficient (Wildman–Crippen LogP) is 1.50. The summed E-state index contributed by atoms with van der Waals surface area (Å²) >= 11 is 0. The number of oxime groups is 1. The van der Waals surface area contributed by atoms with E-state index in [0.717, 1.165) is 18.9 Å². The highest BCUT2D eigenvalue weighted by Gasteiger charge is 2.15. The van der Waals surface area contributed by atoms with Gasteiger partial charge in [-0.3, -0.25) is 0 Å². The maximum Gasteiger partial charge on any atom is 0.224 e. The topological polar surface area (TPSA) is 58.0 Å². The first kappa shape index (κ1) is 10.7. The lowest BCUT2D eigenvalue weighted by Gasteiger charge is -2.17. The van der Waals surface area contributed by atoms with Crippen molar-refractivity contribution >= 4 is 12.0 Å². The molecular weight excluding hydrogens is 206 g/mol. The average molecular weight is 221 g/mol. The third-order valence-electron chi connectivity index (χ3n) is 2.70. The zero-order valence-corrected chi connectivity index (χ0v) is 9.26. The van der Waals surface area contributed by atoms with Crippen LogP contribution in [0.25, 0.3) is 0 Å². The Labute approximate surface area is 94.4 Å². The van der Waals surface area contributed by atoms with Gasteiger partial charge in [-0.05, 0) is 25.0 Å². The number of hydrogen-bond donors (Lipinski definition) is 1. The molecule has 0 unspecified atom stereocenters.